The Morgan fingerprint density at radius 1 is 1.00 bits per heavy atom. The van der Waals surface area contributed by atoms with Crippen molar-refractivity contribution >= 4 is 0 Å². The molecule has 2 heteroatoms. The molecule has 2 nitrogen and oxygen atoms in total. The Balaban J connectivity index is 3.22. The fourth-order valence-corrected chi connectivity index (χ4v) is 1.68. The van der Waals surface area contributed by atoms with Crippen molar-refractivity contribution in [3.63, 3.8) is 0 Å². The number of hydrogen-bond donors (Lipinski definition) is 1. The SMILES string of the molecule is CCCCCCCNCC(C)(C)OCC. The number of ether oxygens (including phenoxy) is 1. The minimum Gasteiger partial charge on any atom is -0.375 e. The highest BCUT2D eigenvalue weighted by atomic mass is 16.5. The van der Waals surface area contributed by atoms with Crippen LogP contribution >= 0.6 is 0 Å². The van der Waals surface area contributed by atoms with Crippen molar-refractivity contribution in [1.29, 1.82) is 0 Å². The second kappa shape index (κ2) is 9.17. The van der Waals surface area contributed by atoms with Crippen molar-refractivity contribution in [2.45, 2.75) is 65.4 Å². The highest BCUT2D eigenvalue weighted by molar-refractivity contribution is 4.71. The maximum absolute atomic E-state index is 5.61. The minimum absolute atomic E-state index is 0.0157. The maximum atomic E-state index is 5.61. The Kier molecular flexibility index (Phi) is 9.12. The quantitative estimate of drug-likeness (QED) is 0.564. The fraction of sp³-hybridized carbons (Fsp3) is 1.00. The van der Waals surface area contributed by atoms with Crippen molar-refractivity contribution < 1.29 is 4.74 Å². The van der Waals surface area contributed by atoms with E-state index in [0.29, 0.717) is 0 Å². The summed E-state index contributed by atoms with van der Waals surface area (Å²) >= 11 is 0. The molecule has 1 N–H and O–H groups in total. The number of unbranched alkanes of at least 4 members (excludes halogenated alkanes) is 4. The second-order valence-electron chi connectivity index (χ2n) is 4.78. The molecule has 0 aliphatic heterocycles. The first-order valence-corrected chi connectivity index (χ1v) is 6.47. The van der Waals surface area contributed by atoms with Gasteiger partial charge in [0.05, 0.1) is 5.60 Å². The van der Waals surface area contributed by atoms with Crippen LogP contribution in [0.25, 0.3) is 0 Å². The van der Waals surface area contributed by atoms with Crippen LogP contribution in [0.15, 0.2) is 0 Å². The molecule has 0 aliphatic carbocycles. The van der Waals surface area contributed by atoms with Gasteiger partial charge in [-0.05, 0) is 33.7 Å². The van der Waals surface area contributed by atoms with Crippen molar-refractivity contribution in [1.82, 2.24) is 5.32 Å². The number of hydrogen-bond acceptors (Lipinski definition) is 2. The Labute approximate surface area is 95.8 Å². The zero-order chi connectivity index (χ0) is 11.6. The Morgan fingerprint density at radius 3 is 2.27 bits per heavy atom. The first kappa shape index (κ1) is 14.9. The number of nitrogens with one attached hydrogen (secondary N) is 1. The van der Waals surface area contributed by atoms with Crippen LogP contribution in [0.5, 0.6) is 0 Å². The lowest BCUT2D eigenvalue weighted by Gasteiger charge is -2.25. The molecule has 0 saturated carbocycles. The van der Waals surface area contributed by atoms with Gasteiger partial charge in [0.25, 0.3) is 0 Å². The summed E-state index contributed by atoms with van der Waals surface area (Å²) in [5.74, 6) is 0. The van der Waals surface area contributed by atoms with Crippen LogP contribution in [0.1, 0.15) is 59.8 Å². The number of rotatable bonds is 10. The second-order valence-corrected chi connectivity index (χ2v) is 4.78. The summed E-state index contributed by atoms with van der Waals surface area (Å²) < 4.78 is 5.61. The molecule has 0 spiro atoms. The van der Waals surface area contributed by atoms with E-state index in [2.05, 4.69) is 26.1 Å². The summed E-state index contributed by atoms with van der Waals surface area (Å²) in [6.07, 6.45) is 6.74. The summed E-state index contributed by atoms with van der Waals surface area (Å²) in [7, 11) is 0. The van der Waals surface area contributed by atoms with Crippen molar-refractivity contribution in [2.24, 2.45) is 0 Å². The standard InChI is InChI=1S/C13H29NO/c1-5-7-8-9-10-11-14-12-13(3,4)15-6-2/h14H,5-12H2,1-4H3. The van der Waals surface area contributed by atoms with E-state index >= 15 is 0 Å². The molecule has 0 radical (unpaired) electrons. The van der Waals surface area contributed by atoms with Gasteiger partial charge in [-0.2, -0.15) is 0 Å². The van der Waals surface area contributed by atoms with Crippen molar-refractivity contribution in [2.75, 3.05) is 19.7 Å². The third-order valence-corrected chi connectivity index (χ3v) is 2.54. The molecule has 0 heterocycles. The van der Waals surface area contributed by atoms with Gasteiger partial charge >= 0.3 is 0 Å². The molecule has 0 fully saturated rings. The summed E-state index contributed by atoms with van der Waals surface area (Å²) in [4.78, 5) is 0. The topological polar surface area (TPSA) is 21.3 Å². The molecule has 0 unspecified atom stereocenters. The molecule has 0 aliphatic rings. The summed E-state index contributed by atoms with van der Waals surface area (Å²) in [6.45, 7) is 11.5. The van der Waals surface area contributed by atoms with Crippen LogP contribution in [0.4, 0.5) is 0 Å². The Hall–Kier alpha value is -0.0800. The Bertz CT molecular complexity index is 134. The van der Waals surface area contributed by atoms with E-state index in [-0.39, 0.29) is 5.60 Å². The highest BCUT2D eigenvalue weighted by Gasteiger charge is 2.15. The Morgan fingerprint density at radius 2 is 1.67 bits per heavy atom. The van der Waals surface area contributed by atoms with Gasteiger partial charge in [0.15, 0.2) is 0 Å². The molecule has 0 amide bonds. The molecule has 0 atom stereocenters. The van der Waals surface area contributed by atoms with Gasteiger partial charge in [0.2, 0.25) is 0 Å². The zero-order valence-corrected chi connectivity index (χ0v) is 11.1. The molecule has 0 aromatic heterocycles. The van der Waals surface area contributed by atoms with Crippen LogP contribution in [0.2, 0.25) is 0 Å². The van der Waals surface area contributed by atoms with Crippen LogP contribution in [0.3, 0.4) is 0 Å². The van der Waals surface area contributed by atoms with Gasteiger partial charge < -0.3 is 10.1 Å². The fourth-order valence-electron chi connectivity index (χ4n) is 1.68. The van der Waals surface area contributed by atoms with Gasteiger partial charge in [-0.1, -0.05) is 32.6 Å². The van der Waals surface area contributed by atoms with Crippen LogP contribution < -0.4 is 5.32 Å². The molecule has 0 saturated heterocycles. The first-order valence-electron chi connectivity index (χ1n) is 6.47. The van der Waals surface area contributed by atoms with Gasteiger partial charge in [0.1, 0.15) is 0 Å². The van der Waals surface area contributed by atoms with Gasteiger partial charge in [-0.3, -0.25) is 0 Å². The monoisotopic (exact) mass is 215 g/mol. The molecular formula is C13H29NO. The van der Waals surface area contributed by atoms with Crippen LogP contribution in [-0.4, -0.2) is 25.3 Å². The largest absolute Gasteiger partial charge is 0.375 e. The van der Waals surface area contributed by atoms with E-state index in [9.17, 15) is 0 Å². The normalized spacial score (nSPS) is 12.0. The lowest BCUT2D eigenvalue weighted by atomic mass is 10.1. The zero-order valence-electron chi connectivity index (χ0n) is 11.1. The molecule has 15 heavy (non-hydrogen) atoms. The van der Waals surface area contributed by atoms with E-state index in [1.165, 1.54) is 32.1 Å². The average Bonchev–Trinajstić information content (AvgIpc) is 2.16. The van der Waals surface area contributed by atoms with E-state index in [0.717, 1.165) is 19.7 Å². The third-order valence-electron chi connectivity index (χ3n) is 2.54. The maximum Gasteiger partial charge on any atom is 0.0750 e. The summed E-state index contributed by atoms with van der Waals surface area (Å²) in [5.41, 5.74) is -0.0157. The van der Waals surface area contributed by atoms with Crippen molar-refractivity contribution in [3.8, 4) is 0 Å². The van der Waals surface area contributed by atoms with Crippen molar-refractivity contribution in [3.05, 3.63) is 0 Å². The van der Waals surface area contributed by atoms with E-state index in [4.69, 9.17) is 4.74 Å². The third kappa shape index (κ3) is 10.2. The van der Waals surface area contributed by atoms with E-state index in [1.807, 2.05) is 6.92 Å². The average molecular weight is 215 g/mol. The molecule has 0 aromatic rings. The molecule has 0 bridgehead atoms. The van der Waals surface area contributed by atoms with E-state index < -0.39 is 0 Å². The molecule has 92 valence electrons. The molecular weight excluding hydrogens is 186 g/mol. The molecule has 0 aromatic carbocycles. The van der Waals surface area contributed by atoms with Crippen LogP contribution in [0, 0.1) is 0 Å². The van der Waals surface area contributed by atoms with Crippen LogP contribution in [-0.2, 0) is 4.74 Å². The van der Waals surface area contributed by atoms with Gasteiger partial charge in [-0.15, -0.1) is 0 Å². The predicted octanol–water partition coefficient (Wildman–Crippen LogP) is 3.36. The summed E-state index contributed by atoms with van der Waals surface area (Å²) in [5, 5.41) is 3.46. The minimum atomic E-state index is -0.0157. The van der Waals surface area contributed by atoms with Gasteiger partial charge in [0, 0.05) is 13.2 Å². The predicted molar refractivity (Wildman–Crippen MR) is 67.3 cm³/mol. The van der Waals surface area contributed by atoms with E-state index in [1.54, 1.807) is 0 Å². The lowest BCUT2D eigenvalue weighted by molar-refractivity contribution is -0.00867. The lowest BCUT2D eigenvalue weighted by Crippen LogP contribution is -2.38. The highest BCUT2D eigenvalue weighted by Crippen LogP contribution is 2.07. The first-order chi connectivity index (χ1) is 7.12. The van der Waals surface area contributed by atoms with Gasteiger partial charge in [-0.25, -0.2) is 0 Å². The summed E-state index contributed by atoms with van der Waals surface area (Å²) in [6, 6.07) is 0. The smallest absolute Gasteiger partial charge is 0.0750 e. The molecule has 0 rings (SSSR count).